The van der Waals surface area contributed by atoms with Crippen LogP contribution in [0.25, 0.3) is 0 Å². The maximum atomic E-state index is 12.9. The molecule has 0 aliphatic rings. The van der Waals surface area contributed by atoms with E-state index in [0.29, 0.717) is 14.7 Å². The Morgan fingerprint density at radius 3 is 0.710 bits per heavy atom. The van der Waals surface area contributed by atoms with Crippen LogP contribution in [0.1, 0.15) is 16.7 Å². The van der Waals surface area contributed by atoms with E-state index in [4.69, 9.17) is 0 Å². The molecule has 3 aromatic carbocycles. The van der Waals surface area contributed by atoms with E-state index in [-0.39, 0.29) is 0 Å². The molecule has 166 valence electrons. The van der Waals surface area contributed by atoms with Crippen LogP contribution in [0.3, 0.4) is 0 Å². The number of rotatable bonds is 3. The molecule has 10 heteroatoms. The summed E-state index contributed by atoms with van der Waals surface area (Å²) in [6.45, 7) is 0. The summed E-state index contributed by atoms with van der Waals surface area (Å²) in [5.41, 5.74) is -2.73. The van der Waals surface area contributed by atoms with Gasteiger partial charge in [0.25, 0.3) is 0 Å². The van der Waals surface area contributed by atoms with Crippen LogP contribution in [0.5, 0.6) is 0 Å². The van der Waals surface area contributed by atoms with Gasteiger partial charge >= 0.3 is 18.5 Å². The summed E-state index contributed by atoms with van der Waals surface area (Å²) in [6, 6.07) is 12.1. The van der Waals surface area contributed by atoms with E-state index in [0.717, 1.165) is 36.4 Å². The van der Waals surface area contributed by atoms with Gasteiger partial charge in [-0.25, -0.2) is 0 Å². The van der Waals surface area contributed by atoms with Crippen LogP contribution in [0.2, 0.25) is 0 Å². The van der Waals surface area contributed by atoms with Crippen LogP contribution < -0.4 is 0 Å². The fourth-order valence-electron chi connectivity index (χ4n) is 2.85. The summed E-state index contributed by atoms with van der Waals surface area (Å²) in [7, 11) is -1.69. The van der Waals surface area contributed by atoms with Crippen LogP contribution in [0, 0.1) is 0 Å². The van der Waals surface area contributed by atoms with Gasteiger partial charge in [-0.1, -0.05) is 0 Å². The minimum Gasteiger partial charge on any atom is -0.173 e. The fraction of sp³-hybridized carbons (Fsp3) is 0.143. The lowest BCUT2D eigenvalue weighted by molar-refractivity contribution is -0.138. The summed E-state index contributed by atoms with van der Waals surface area (Å²) in [5, 5.41) is 0. The molecule has 3 aromatic rings. The molecule has 0 fully saturated rings. The van der Waals surface area contributed by atoms with E-state index in [9.17, 15) is 39.5 Å². The Bertz CT molecular complexity index is 877. The van der Waals surface area contributed by atoms with Crippen LogP contribution in [0.15, 0.2) is 87.5 Å². The second kappa shape index (κ2) is 8.14. The highest BCUT2D eigenvalue weighted by molar-refractivity contribution is 8.17. The minimum atomic E-state index is -4.58. The molecular formula is C21H13F9S. The smallest absolute Gasteiger partial charge is 0.173 e. The third-order valence-corrected chi connectivity index (χ3v) is 6.80. The molecule has 0 N–H and O–H groups in total. The highest BCUT2D eigenvalue weighted by Gasteiger charge is 2.32. The molecule has 0 aliphatic heterocycles. The van der Waals surface area contributed by atoms with Crippen LogP contribution in [-0.2, 0) is 18.5 Å². The Balaban J connectivity index is 2.08. The van der Waals surface area contributed by atoms with Gasteiger partial charge in [-0.3, -0.25) is 0 Å². The maximum Gasteiger partial charge on any atom is 0.416 e. The molecule has 0 radical (unpaired) electrons. The van der Waals surface area contributed by atoms with E-state index >= 15 is 0 Å². The van der Waals surface area contributed by atoms with Crippen molar-refractivity contribution in [3.8, 4) is 0 Å². The number of hydrogen-bond acceptors (Lipinski definition) is 0. The van der Waals surface area contributed by atoms with E-state index in [1.54, 1.807) is 0 Å². The summed E-state index contributed by atoms with van der Waals surface area (Å²) in [5.74, 6) is 0. The predicted octanol–water partition coefficient (Wildman–Crippen LogP) is 8.22. The molecule has 0 saturated carbocycles. The second-order valence-electron chi connectivity index (χ2n) is 6.47. The third kappa shape index (κ3) is 5.36. The van der Waals surface area contributed by atoms with Gasteiger partial charge in [0, 0.05) is 0 Å². The van der Waals surface area contributed by atoms with Crippen molar-refractivity contribution in [2.45, 2.75) is 33.2 Å². The van der Waals surface area contributed by atoms with Gasteiger partial charge < -0.3 is 0 Å². The van der Waals surface area contributed by atoms with E-state index < -0.39 is 46.1 Å². The van der Waals surface area contributed by atoms with Gasteiger partial charge in [-0.15, -0.1) is 0 Å². The van der Waals surface area contributed by atoms with Gasteiger partial charge in [-0.2, -0.15) is 50.4 Å². The van der Waals surface area contributed by atoms with Crippen molar-refractivity contribution in [2.24, 2.45) is 0 Å². The molecule has 0 nitrogen and oxygen atoms in total. The van der Waals surface area contributed by atoms with Crippen molar-refractivity contribution in [1.82, 2.24) is 0 Å². The highest BCUT2D eigenvalue weighted by atomic mass is 32.2. The Morgan fingerprint density at radius 1 is 0.355 bits per heavy atom. The molecule has 0 atom stereocenters. The summed E-state index contributed by atoms with van der Waals surface area (Å²) < 4.78 is 116. The maximum absolute atomic E-state index is 12.9. The first kappa shape index (κ1) is 23.1. The third-order valence-electron chi connectivity index (χ3n) is 4.36. The van der Waals surface area contributed by atoms with Crippen LogP contribution >= 0.6 is 10.9 Å². The van der Waals surface area contributed by atoms with Gasteiger partial charge in [0.2, 0.25) is 0 Å². The Hall–Kier alpha value is -2.62. The summed E-state index contributed by atoms with van der Waals surface area (Å²) >= 11 is 0. The standard InChI is InChI=1S/C21H13F9S/c22-19(23,24)13-1-7-16(8-2-13)31(17-9-3-14(4-10-17)20(25,26)27)18-11-5-15(6-12-18)21(28,29)30/h1-12,31H. The molecule has 0 bridgehead atoms. The van der Waals surface area contributed by atoms with Crippen LogP contribution in [-0.4, -0.2) is 0 Å². The molecule has 0 aliphatic carbocycles. The highest BCUT2D eigenvalue weighted by Crippen LogP contribution is 2.52. The first-order valence-corrected chi connectivity index (χ1v) is 9.93. The number of hydrogen-bond donors (Lipinski definition) is 1. The van der Waals surface area contributed by atoms with Crippen molar-refractivity contribution >= 4 is 10.9 Å². The number of benzene rings is 3. The molecule has 0 aromatic heterocycles. The zero-order valence-electron chi connectivity index (χ0n) is 15.3. The first-order chi connectivity index (χ1) is 14.3. The van der Waals surface area contributed by atoms with Gasteiger partial charge in [0.15, 0.2) is 0 Å². The van der Waals surface area contributed by atoms with Crippen molar-refractivity contribution < 1.29 is 39.5 Å². The summed E-state index contributed by atoms with van der Waals surface area (Å²) in [4.78, 5) is 1.05. The summed E-state index contributed by atoms with van der Waals surface area (Å²) in [6.07, 6.45) is -13.7. The lowest BCUT2D eigenvalue weighted by Crippen LogP contribution is -2.05. The quantitative estimate of drug-likeness (QED) is 0.291. The lowest BCUT2D eigenvalue weighted by Gasteiger charge is -2.24. The molecule has 0 spiro atoms. The average Bonchev–Trinajstić information content (AvgIpc) is 2.67. The second-order valence-corrected chi connectivity index (χ2v) is 8.69. The number of thiol groups is 1. The normalized spacial score (nSPS) is 13.3. The molecule has 0 saturated heterocycles. The molecule has 31 heavy (non-hydrogen) atoms. The Kier molecular flexibility index (Phi) is 6.05. The largest absolute Gasteiger partial charge is 0.416 e. The predicted molar refractivity (Wildman–Crippen MR) is 98.1 cm³/mol. The van der Waals surface area contributed by atoms with E-state index in [2.05, 4.69) is 0 Å². The zero-order chi connectivity index (χ0) is 23.0. The fourth-order valence-corrected chi connectivity index (χ4v) is 5.08. The molecular weight excluding hydrogens is 455 g/mol. The zero-order valence-corrected chi connectivity index (χ0v) is 16.2. The molecule has 0 unspecified atom stereocenters. The molecule has 3 rings (SSSR count). The van der Waals surface area contributed by atoms with E-state index in [1.165, 1.54) is 36.4 Å². The molecule has 0 amide bonds. The SMILES string of the molecule is FC(F)(F)c1ccc([SH](c2ccc(C(F)(F)F)cc2)c2ccc(C(F)(F)F)cc2)cc1. The van der Waals surface area contributed by atoms with Crippen LogP contribution in [0.4, 0.5) is 39.5 Å². The topological polar surface area (TPSA) is 0 Å². The Morgan fingerprint density at radius 2 is 0.548 bits per heavy atom. The Labute approximate surface area is 173 Å². The average molecular weight is 468 g/mol. The monoisotopic (exact) mass is 468 g/mol. The lowest BCUT2D eigenvalue weighted by atomic mass is 10.2. The first-order valence-electron chi connectivity index (χ1n) is 8.59. The number of alkyl halides is 9. The van der Waals surface area contributed by atoms with E-state index in [1.807, 2.05) is 0 Å². The van der Waals surface area contributed by atoms with Crippen molar-refractivity contribution in [2.75, 3.05) is 0 Å². The van der Waals surface area contributed by atoms with Gasteiger partial charge in [0.1, 0.15) is 0 Å². The minimum absolute atomic E-state index is 0.350. The van der Waals surface area contributed by atoms with Gasteiger partial charge in [0.05, 0.1) is 16.7 Å². The molecule has 0 heterocycles. The number of halogens is 9. The van der Waals surface area contributed by atoms with Gasteiger partial charge in [-0.05, 0) is 87.5 Å². The van der Waals surface area contributed by atoms with Crippen molar-refractivity contribution in [3.05, 3.63) is 89.5 Å². The van der Waals surface area contributed by atoms with Crippen molar-refractivity contribution in [3.63, 3.8) is 0 Å². The van der Waals surface area contributed by atoms with Crippen molar-refractivity contribution in [1.29, 1.82) is 0 Å².